The molecule has 1 heterocycles. The number of carbonyl (C=O) groups excluding carboxylic acids is 2. The van der Waals surface area contributed by atoms with Gasteiger partial charge in [0.1, 0.15) is 5.54 Å². The van der Waals surface area contributed by atoms with E-state index in [-0.39, 0.29) is 11.9 Å². The van der Waals surface area contributed by atoms with Gasteiger partial charge in [-0.2, -0.15) is 0 Å². The van der Waals surface area contributed by atoms with Gasteiger partial charge in [-0.05, 0) is 46.8 Å². The summed E-state index contributed by atoms with van der Waals surface area (Å²) in [6, 6.07) is -0.252. The predicted octanol–water partition coefficient (Wildman–Crippen LogP) is 4.56. The van der Waals surface area contributed by atoms with E-state index in [1.807, 2.05) is 0 Å². The molecule has 0 radical (unpaired) electrons. The second-order valence-corrected chi connectivity index (χ2v) is 8.35. The molecule has 0 spiro atoms. The standard InChI is InChI=1S/C21H41N3O2/c1-5-6-7-8-9-10-11-12-13-14-16-23(4)17-15-18-24-19(25)21(2,3)22-20(24)26/h5-18H2,1-4H3,(H,22,26). The van der Waals surface area contributed by atoms with Gasteiger partial charge in [-0.15, -0.1) is 0 Å². The lowest BCUT2D eigenvalue weighted by Gasteiger charge is -2.19. The fraction of sp³-hybridized carbons (Fsp3) is 0.905. The van der Waals surface area contributed by atoms with Gasteiger partial charge in [0.25, 0.3) is 5.91 Å². The Kier molecular flexibility index (Phi) is 10.9. The number of hydrogen-bond donors (Lipinski definition) is 1. The third-order valence-corrected chi connectivity index (χ3v) is 5.26. The van der Waals surface area contributed by atoms with Crippen molar-refractivity contribution in [2.75, 3.05) is 26.7 Å². The summed E-state index contributed by atoms with van der Waals surface area (Å²) in [6.07, 6.45) is 14.4. The number of amides is 3. The number of rotatable bonds is 15. The van der Waals surface area contributed by atoms with Gasteiger partial charge in [-0.1, -0.05) is 64.7 Å². The Balaban J connectivity index is 1.97. The van der Waals surface area contributed by atoms with Crippen LogP contribution in [0.4, 0.5) is 4.79 Å². The molecule has 0 aromatic heterocycles. The summed E-state index contributed by atoms with van der Waals surface area (Å²) in [5.74, 6) is -0.111. The van der Waals surface area contributed by atoms with Crippen LogP contribution in [0.5, 0.6) is 0 Å². The number of urea groups is 1. The van der Waals surface area contributed by atoms with E-state index in [2.05, 4.69) is 24.2 Å². The number of nitrogens with one attached hydrogen (secondary N) is 1. The Morgan fingerprint density at radius 1 is 0.846 bits per heavy atom. The first-order valence-electron chi connectivity index (χ1n) is 10.7. The summed E-state index contributed by atoms with van der Waals surface area (Å²) in [4.78, 5) is 27.6. The highest BCUT2D eigenvalue weighted by Crippen LogP contribution is 2.16. The van der Waals surface area contributed by atoms with E-state index in [9.17, 15) is 9.59 Å². The molecule has 0 atom stereocenters. The van der Waals surface area contributed by atoms with E-state index in [1.54, 1.807) is 13.8 Å². The Bertz CT molecular complexity index is 423. The van der Waals surface area contributed by atoms with Gasteiger partial charge in [-0.3, -0.25) is 9.69 Å². The number of unbranched alkanes of at least 4 members (excludes halogenated alkanes) is 9. The van der Waals surface area contributed by atoms with Crippen LogP contribution in [0.15, 0.2) is 0 Å². The third-order valence-electron chi connectivity index (χ3n) is 5.26. The van der Waals surface area contributed by atoms with Crippen LogP contribution in [0.2, 0.25) is 0 Å². The molecule has 1 fully saturated rings. The largest absolute Gasteiger partial charge is 0.325 e. The van der Waals surface area contributed by atoms with Crippen molar-refractivity contribution >= 4 is 11.9 Å². The monoisotopic (exact) mass is 367 g/mol. The molecule has 1 N–H and O–H groups in total. The van der Waals surface area contributed by atoms with Crippen LogP contribution in [0.3, 0.4) is 0 Å². The Morgan fingerprint density at radius 3 is 1.85 bits per heavy atom. The van der Waals surface area contributed by atoms with Gasteiger partial charge in [0.15, 0.2) is 0 Å². The number of nitrogens with zero attached hydrogens (tertiary/aromatic N) is 2. The molecular weight excluding hydrogens is 326 g/mol. The minimum absolute atomic E-state index is 0.111. The van der Waals surface area contributed by atoms with Crippen molar-refractivity contribution in [3.8, 4) is 0 Å². The van der Waals surface area contributed by atoms with Gasteiger partial charge >= 0.3 is 6.03 Å². The van der Waals surface area contributed by atoms with Crippen LogP contribution in [-0.2, 0) is 4.79 Å². The van der Waals surface area contributed by atoms with Crippen LogP contribution in [0.25, 0.3) is 0 Å². The summed E-state index contributed by atoms with van der Waals surface area (Å²) in [5.41, 5.74) is -0.751. The molecule has 0 bridgehead atoms. The zero-order valence-corrected chi connectivity index (χ0v) is 17.6. The average molecular weight is 368 g/mol. The maximum atomic E-state index is 12.1. The van der Waals surface area contributed by atoms with Crippen LogP contribution in [-0.4, -0.2) is 54.0 Å². The average Bonchev–Trinajstić information content (AvgIpc) is 2.78. The van der Waals surface area contributed by atoms with Crippen LogP contribution < -0.4 is 5.32 Å². The maximum absolute atomic E-state index is 12.1. The first-order valence-corrected chi connectivity index (χ1v) is 10.7. The highest BCUT2D eigenvalue weighted by Gasteiger charge is 2.43. The molecule has 0 aromatic carbocycles. The molecule has 0 unspecified atom stereocenters. The molecule has 1 aliphatic rings. The molecule has 5 heteroatoms. The quantitative estimate of drug-likeness (QED) is 0.341. The van der Waals surface area contributed by atoms with E-state index in [1.165, 1.54) is 69.1 Å². The molecule has 0 aliphatic carbocycles. The second-order valence-electron chi connectivity index (χ2n) is 8.35. The summed E-state index contributed by atoms with van der Waals surface area (Å²) in [7, 11) is 2.13. The van der Waals surface area contributed by atoms with Crippen molar-refractivity contribution in [1.82, 2.24) is 15.1 Å². The predicted molar refractivity (Wildman–Crippen MR) is 108 cm³/mol. The van der Waals surface area contributed by atoms with Crippen LogP contribution in [0, 0.1) is 0 Å². The van der Waals surface area contributed by atoms with Gasteiger partial charge in [-0.25, -0.2) is 4.79 Å². The molecule has 0 saturated carbocycles. The molecule has 26 heavy (non-hydrogen) atoms. The van der Waals surface area contributed by atoms with E-state index < -0.39 is 5.54 Å². The van der Waals surface area contributed by atoms with E-state index in [0.29, 0.717) is 6.54 Å². The van der Waals surface area contributed by atoms with Crippen LogP contribution in [0.1, 0.15) is 91.4 Å². The number of carbonyl (C=O) groups is 2. The van der Waals surface area contributed by atoms with E-state index in [4.69, 9.17) is 0 Å². The zero-order valence-electron chi connectivity index (χ0n) is 17.6. The summed E-state index contributed by atoms with van der Waals surface area (Å²) < 4.78 is 0. The third kappa shape index (κ3) is 8.52. The molecule has 1 aliphatic heterocycles. The van der Waals surface area contributed by atoms with E-state index >= 15 is 0 Å². The lowest BCUT2D eigenvalue weighted by atomic mass is 10.1. The number of hydrogen-bond acceptors (Lipinski definition) is 3. The van der Waals surface area contributed by atoms with Crippen molar-refractivity contribution < 1.29 is 9.59 Å². The minimum Gasteiger partial charge on any atom is -0.324 e. The van der Waals surface area contributed by atoms with Crippen molar-refractivity contribution in [3.05, 3.63) is 0 Å². The van der Waals surface area contributed by atoms with Crippen molar-refractivity contribution in [2.24, 2.45) is 0 Å². The van der Waals surface area contributed by atoms with Crippen molar-refractivity contribution in [3.63, 3.8) is 0 Å². The minimum atomic E-state index is -0.751. The summed E-state index contributed by atoms with van der Waals surface area (Å²) >= 11 is 0. The summed E-state index contributed by atoms with van der Waals surface area (Å²) in [5, 5.41) is 2.73. The Hall–Kier alpha value is -1.10. The topological polar surface area (TPSA) is 52.6 Å². The highest BCUT2D eigenvalue weighted by molar-refractivity contribution is 6.06. The molecule has 5 nitrogen and oxygen atoms in total. The number of imide groups is 1. The highest BCUT2D eigenvalue weighted by atomic mass is 16.2. The van der Waals surface area contributed by atoms with E-state index in [0.717, 1.165) is 19.5 Å². The Labute approximate surface area is 160 Å². The maximum Gasteiger partial charge on any atom is 0.325 e. The fourth-order valence-corrected chi connectivity index (χ4v) is 3.50. The van der Waals surface area contributed by atoms with Gasteiger partial charge < -0.3 is 10.2 Å². The first-order chi connectivity index (χ1) is 12.4. The van der Waals surface area contributed by atoms with Gasteiger partial charge in [0, 0.05) is 6.54 Å². The molecule has 1 saturated heterocycles. The molecular formula is C21H41N3O2. The van der Waals surface area contributed by atoms with Crippen molar-refractivity contribution in [2.45, 2.75) is 96.9 Å². The normalized spacial score (nSPS) is 16.6. The van der Waals surface area contributed by atoms with Gasteiger partial charge in [0.05, 0.1) is 0 Å². The second kappa shape index (κ2) is 12.3. The van der Waals surface area contributed by atoms with Gasteiger partial charge in [0.2, 0.25) is 0 Å². The molecule has 3 amide bonds. The van der Waals surface area contributed by atoms with Crippen LogP contribution >= 0.6 is 0 Å². The molecule has 0 aromatic rings. The smallest absolute Gasteiger partial charge is 0.324 e. The SMILES string of the molecule is CCCCCCCCCCCCN(C)CCCN1C(=O)NC(C)(C)C1=O. The first kappa shape index (κ1) is 22.9. The lowest BCUT2D eigenvalue weighted by molar-refractivity contribution is -0.130. The molecule has 1 rings (SSSR count). The lowest BCUT2D eigenvalue weighted by Crippen LogP contribution is -2.40. The molecule has 152 valence electrons. The summed E-state index contributed by atoms with van der Waals surface area (Å²) in [6.45, 7) is 8.31. The fourth-order valence-electron chi connectivity index (χ4n) is 3.50. The van der Waals surface area contributed by atoms with Crippen molar-refractivity contribution in [1.29, 1.82) is 0 Å². The zero-order chi connectivity index (χ0) is 19.4. The Morgan fingerprint density at radius 2 is 1.35 bits per heavy atom.